The van der Waals surface area contributed by atoms with Gasteiger partial charge in [-0.15, -0.1) is 0 Å². The Morgan fingerprint density at radius 2 is 1.89 bits per heavy atom. The number of carboxylic acid groups (broad SMARTS) is 1. The number of aliphatic carboxylic acids is 1. The summed E-state index contributed by atoms with van der Waals surface area (Å²) in [5.74, 6) is -3.58. The van der Waals surface area contributed by atoms with Gasteiger partial charge in [-0.2, -0.15) is 0 Å². The predicted molar refractivity (Wildman–Crippen MR) is 61.7 cm³/mol. The first-order valence-electron chi connectivity index (χ1n) is 5.69. The van der Waals surface area contributed by atoms with Crippen LogP contribution in [-0.2, 0) is 4.79 Å². The smallest absolute Gasteiger partial charge is 0.327 e. The third kappa shape index (κ3) is 2.87. The van der Waals surface area contributed by atoms with Crippen LogP contribution < -0.4 is 5.32 Å². The SMILES string of the molecule is O=C(O)C1CNCCN1C(=O)c1cc(F)cc(F)c1. The fourth-order valence-electron chi connectivity index (χ4n) is 2.01. The lowest BCUT2D eigenvalue weighted by atomic mass is 10.1. The highest BCUT2D eigenvalue weighted by Gasteiger charge is 2.32. The summed E-state index contributed by atoms with van der Waals surface area (Å²) < 4.78 is 26.1. The largest absolute Gasteiger partial charge is 0.480 e. The summed E-state index contributed by atoms with van der Waals surface area (Å²) in [5.41, 5.74) is -0.189. The molecule has 1 aromatic carbocycles. The molecule has 0 spiro atoms. The van der Waals surface area contributed by atoms with E-state index in [9.17, 15) is 18.4 Å². The topological polar surface area (TPSA) is 69.6 Å². The predicted octanol–water partition coefficient (Wildman–Crippen LogP) is 0.463. The maximum Gasteiger partial charge on any atom is 0.327 e. The Balaban J connectivity index is 2.28. The number of hydrogen-bond donors (Lipinski definition) is 2. The van der Waals surface area contributed by atoms with E-state index in [2.05, 4.69) is 5.32 Å². The van der Waals surface area contributed by atoms with E-state index in [1.165, 1.54) is 0 Å². The molecule has 2 rings (SSSR count). The van der Waals surface area contributed by atoms with Gasteiger partial charge in [0.1, 0.15) is 17.7 Å². The number of amides is 1. The van der Waals surface area contributed by atoms with Crippen LogP contribution in [0.5, 0.6) is 0 Å². The fourth-order valence-corrected chi connectivity index (χ4v) is 2.01. The first-order valence-corrected chi connectivity index (χ1v) is 5.69. The zero-order valence-corrected chi connectivity index (χ0v) is 9.90. The number of hydrogen-bond acceptors (Lipinski definition) is 3. The van der Waals surface area contributed by atoms with Crippen LogP contribution in [0.15, 0.2) is 18.2 Å². The second kappa shape index (κ2) is 5.31. The van der Waals surface area contributed by atoms with E-state index in [4.69, 9.17) is 5.11 Å². The molecule has 2 N–H and O–H groups in total. The number of nitrogens with zero attached hydrogens (tertiary/aromatic N) is 1. The third-order valence-corrected chi connectivity index (χ3v) is 2.90. The summed E-state index contributed by atoms with van der Waals surface area (Å²) >= 11 is 0. The van der Waals surface area contributed by atoms with Gasteiger partial charge in [0.05, 0.1) is 0 Å². The molecule has 0 aliphatic carbocycles. The van der Waals surface area contributed by atoms with Gasteiger partial charge in [-0.25, -0.2) is 13.6 Å². The molecule has 0 radical (unpaired) electrons. The molecule has 1 unspecified atom stereocenters. The van der Waals surface area contributed by atoms with Crippen LogP contribution >= 0.6 is 0 Å². The fraction of sp³-hybridized carbons (Fsp3) is 0.333. The normalized spacial score (nSPS) is 19.3. The minimum Gasteiger partial charge on any atom is -0.480 e. The van der Waals surface area contributed by atoms with Crippen molar-refractivity contribution in [3.8, 4) is 0 Å². The summed E-state index contributed by atoms with van der Waals surface area (Å²) in [6.07, 6.45) is 0. The lowest BCUT2D eigenvalue weighted by Crippen LogP contribution is -2.57. The molecule has 1 atom stereocenters. The number of carboxylic acids is 1. The van der Waals surface area contributed by atoms with Crippen molar-refractivity contribution in [3.05, 3.63) is 35.4 Å². The Morgan fingerprint density at radius 3 is 2.47 bits per heavy atom. The molecule has 1 amide bonds. The number of carbonyl (C=O) groups is 2. The van der Waals surface area contributed by atoms with Crippen LogP contribution in [0.3, 0.4) is 0 Å². The minimum atomic E-state index is -1.16. The van der Waals surface area contributed by atoms with Gasteiger partial charge in [0.25, 0.3) is 5.91 Å². The van der Waals surface area contributed by atoms with Crippen LogP contribution in [0.2, 0.25) is 0 Å². The monoisotopic (exact) mass is 270 g/mol. The molecule has 1 aliphatic heterocycles. The Labute approximate surface area is 107 Å². The molecule has 0 saturated carbocycles. The van der Waals surface area contributed by atoms with Gasteiger partial charge in [0.2, 0.25) is 0 Å². The van der Waals surface area contributed by atoms with Crippen molar-refractivity contribution in [2.45, 2.75) is 6.04 Å². The van der Waals surface area contributed by atoms with E-state index < -0.39 is 29.6 Å². The highest BCUT2D eigenvalue weighted by molar-refractivity contribution is 5.96. The molecule has 7 heteroatoms. The molecule has 102 valence electrons. The molecule has 1 heterocycles. The van der Waals surface area contributed by atoms with Gasteiger partial charge in [-0.1, -0.05) is 0 Å². The average Bonchev–Trinajstić information content (AvgIpc) is 2.36. The lowest BCUT2D eigenvalue weighted by Gasteiger charge is -2.33. The molecule has 1 saturated heterocycles. The number of halogens is 2. The molecule has 1 aliphatic rings. The van der Waals surface area contributed by atoms with Gasteiger partial charge in [-0.05, 0) is 12.1 Å². The lowest BCUT2D eigenvalue weighted by molar-refractivity contribution is -0.142. The highest BCUT2D eigenvalue weighted by Crippen LogP contribution is 2.14. The molecule has 0 bridgehead atoms. The van der Waals surface area contributed by atoms with Crippen LogP contribution in [0.25, 0.3) is 0 Å². The number of carbonyl (C=O) groups excluding carboxylic acids is 1. The Hall–Kier alpha value is -2.02. The molecule has 5 nitrogen and oxygen atoms in total. The molecule has 19 heavy (non-hydrogen) atoms. The van der Waals surface area contributed by atoms with Crippen molar-refractivity contribution in [2.75, 3.05) is 19.6 Å². The first-order chi connectivity index (χ1) is 8.99. The zero-order valence-electron chi connectivity index (χ0n) is 9.90. The quantitative estimate of drug-likeness (QED) is 0.819. The number of benzene rings is 1. The van der Waals surface area contributed by atoms with Gasteiger partial charge in [-0.3, -0.25) is 4.79 Å². The first kappa shape index (κ1) is 13.4. The molecular formula is C12H12F2N2O3. The van der Waals surface area contributed by atoms with E-state index in [1.54, 1.807) is 0 Å². The van der Waals surface area contributed by atoms with Crippen molar-refractivity contribution >= 4 is 11.9 Å². The van der Waals surface area contributed by atoms with Crippen molar-refractivity contribution in [1.29, 1.82) is 0 Å². The van der Waals surface area contributed by atoms with Gasteiger partial charge in [0, 0.05) is 31.3 Å². The second-order valence-corrected chi connectivity index (χ2v) is 4.21. The molecule has 0 aromatic heterocycles. The highest BCUT2D eigenvalue weighted by atomic mass is 19.1. The van der Waals surface area contributed by atoms with Crippen molar-refractivity contribution in [3.63, 3.8) is 0 Å². The number of rotatable bonds is 2. The zero-order chi connectivity index (χ0) is 14.0. The number of nitrogens with one attached hydrogen (secondary N) is 1. The average molecular weight is 270 g/mol. The molecular weight excluding hydrogens is 258 g/mol. The minimum absolute atomic E-state index is 0.110. The second-order valence-electron chi connectivity index (χ2n) is 4.21. The van der Waals surface area contributed by atoms with Gasteiger partial charge < -0.3 is 15.3 Å². The van der Waals surface area contributed by atoms with Gasteiger partial charge in [0.15, 0.2) is 0 Å². The van der Waals surface area contributed by atoms with Crippen molar-refractivity contribution < 1.29 is 23.5 Å². The van der Waals surface area contributed by atoms with Crippen LogP contribution in [0.1, 0.15) is 10.4 Å². The number of piperazine rings is 1. The Morgan fingerprint density at radius 1 is 1.26 bits per heavy atom. The summed E-state index contributed by atoms with van der Waals surface area (Å²) in [5, 5.41) is 11.9. The van der Waals surface area contributed by atoms with E-state index in [1.807, 2.05) is 0 Å². The van der Waals surface area contributed by atoms with E-state index >= 15 is 0 Å². The maximum absolute atomic E-state index is 13.1. The summed E-state index contributed by atoms with van der Waals surface area (Å²) in [7, 11) is 0. The van der Waals surface area contributed by atoms with E-state index in [-0.39, 0.29) is 18.7 Å². The standard InChI is InChI=1S/C12H12F2N2O3/c13-8-3-7(4-9(14)5-8)11(17)16-2-1-15-6-10(16)12(18)19/h3-5,10,15H,1-2,6H2,(H,18,19). The Kier molecular flexibility index (Phi) is 3.75. The van der Waals surface area contributed by atoms with Crippen LogP contribution in [-0.4, -0.2) is 47.6 Å². The summed E-state index contributed by atoms with van der Waals surface area (Å²) in [4.78, 5) is 24.3. The summed E-state index contributed by atoms with van der Waals surface area (Å²) in [6.45, 7) is 0.722. The van der Waals surface area contributed by atoms with E-state index in [0.717, 1.165) is 17.0 Å². The summed E-state index contributed by atoms with van der Waals surface area (Å²) in [6, 6.07) is 1.41. The van der Waals surface area contributed by atoms with Crippen LogP contribution in [0, 0.1) is 11.6 Å². The van der Waals surface area contributed by atoms with Crippen molar-refractivity contribution in [2.24, 2.45) is 0 Å². The van der Waals surface area contributed by atoms with Crippen LogP contribution in [0.4, 0.5) is 8.78 Å². The maximum atomic E-state index is 13.1. The van der Waals surface area contributed by atoms with E-state index in [0.29, 0.717) is 12.6 Å². The third-order valence-electron chi connectivity index (χ3n) is 2.90. The molecule has 1 aromatic rings. The van der Waals surface area contributed by atoms with Crippen molar-refractivity contribution in [1.82, 2.24) is 10.2 Å². The molecule has 1 fully saturated rings. The van der Waals surface area contributed by atoms with Gasteiger partial charge >= 0.3 is 5.97 Å². The Bertz CT molecular complexity index is 501.